The van der Waals surface area contributed by atoms with Crippen LogP contribution in [0.5, 0.6) is 0 Å². The van der Waals surface area contributed by atoms with Gasteiger partial charge in [-0.15, -0.1) is 0 Å². The number of fused-ring (bicyclic) bond motifs is 5. The van der Waals surface area contributed by atoms with Crippen molar-refractivity contribution >= 4 is 8.32 Å². The molecule has 0 aliphatic heterocycles. The van der Waals surface area contributed by atoms with Crippen LogP contribution in [-0.2, 0) is 18.6 Å². The van der Waals surface area contributed by atoms with Gasteiger partial charge in [-0.25, -0.2) is 0 Å². The number of methoxy groups -OCH3 is 2. The van der Waals surface area contributed by atoms with Crippen molar-refractivity contribution in [1.29, 1.82) is 0 Å². The average Bonchev–Trinajstić information content (AvgIpc) is 3.22. The third kappa shape index (κ3) is 5.64. The quantitative estimate of drug-likeness (QED) is 0.155. The van der Waals surface area contributed by atoms with E-state index in [0.717, 1.165) is 42.0 Å². The molecule has 0 aromatic rings. The Labute approximate surface area is 236 Å². The van der Waals surface area contributed by atoms with Gasteiger partial charge in [0.25, 0.3) is 5.95 Å². The zero-order chi connectivity index (χ0) is 27.9. The first kappa shape index (κ1) is 30.4. The minimum Gasteiger partial charge on any atom is -0.520 e. The highest BCUT2D eigenvalue weighted by Crippen LogP contribution is 2.70. The van der Waals surface area contributed by atoms with Gasteiger partial charge >= 0.3 is 0 Å². The summed E-state index contributed by atoms with van der Waals surface area (Å²) in [5.41, 5.74) is 0.861. The van der Waals surface area contributed by atoms with Crippen LogP contribution in [0.4, 0.5) is 0 Å². The zero-order valence-electron chi connectivity index (χ0n) is 26.5. The molecule has 0 radical (unpaired) electrons. The summed E-state index contributed by atoms with van der Waals surface area (Å²) in [7, 11) is 1.86. The topological polar surface area (TPSA) is 36.9 Å². The second-order valence-electron chi connectivity index (χ2n) is 15.3. The molecule has 0 amide bonds. The summed E-state index contributed by atoms with van der Waals surface area (Å²) in [6.07, 6.45) is 14.5. The Morgan fingerprint density at radius 3 is 2.29 bits per heavy atom. The molecule has 38 heavy (non-hydrogen) atoms. The molecule has 0 heterocycles. The van der Waals surface area contributed by atoms with Gasteiger partial charge in [0.2, 0.25) is 8.32 Å². The number of allylic oxidation sites excluding steroid dienone is 1. The summed E-state index contributed by atoms with van der Waals surface area (Å²) < 4.78 is 24.1. The molecule has 11 atom stereocenters. The van der Waals surface area contributed by atoms with Crippen LogP contribution in [0.1, 0.15) is 92.4 Å². The number of hydrogen-bond donors (Lipinski definition) is 0. The Morgan fingerprint density at radius 1 is 0.974 bits per heavy atom. The summed E-state index contributed by atoms with van der Waals surface area (Å²) in [5.74, 6) is 6.62. The molecule has 4 nitrogen and oxygen atoms in total. The van der Waals surface area contributed by atoms with Gasteiger partial charge in [-0.2, -0.15) is 0 Å². The van der Waals surface area contributed by atoms with Crippen molar-refractivity contribution in [2.24, 2.45) is 58.2 Å². The number of ether oxygens (including phenoxy) is 3. The second kappa shape index (κ2) is 11.8. The lowest BCUT2D eigenvalue weighted by atomic mass is 9.41. The first-order valence-electron chi connectivity index (χ1n) is 15.9. The Balaban J connectivity index is 1.60. The minimum atomic E-state index is -1.68. The maximum atomic E-state index is 6.76. The molecule has 0 saturated heterocycles. The van der Waals surface area contributed by atoms with Crippen molar-refractivity contribution in [3.05, 3.63) is 12.0 Å². The minimum absolute atomic E-state index is 0.345. The number of hydrogen-bond acceptors (Lipinski definition) is 4. The predicted molar refractivity (Wildman–Crippen MR) is 159 cm³/mol. The standard InChI is InChI=1S/C33H60O4Si/c1-11-24-28-20-22(2)16-18-33(28,5)27-17-19-32(4)25(13-14-26(32)30(27)31(24)36-21-34-6)23(3)12-15-29(35-7)37-38(8,9)10/h15,22-28,30-31H,11-14,16-21H2,1-10H3/t22-,23-,24-,25-,26?,27?,28+,30?,31?,32-,33-/m1/s1. The van der Waals surface area contributed by atoms with E-state index in [1.165, 1.54) is 51.4 Å². The lowest BCUT2D eigenvalue weighted by Gasteiger charge is -2.65. The highest BCUT2D eigenvalue weighted by molar-refractivity contribution is 6.70. The molecule has 4 fully saturated rings. The molecule has 220 valence electrons. The summed E-state index contributed by atoms with van der Waals surface area (Å²) in [6, 6.07) is 0. The van der Waals surface area contributed by atoms with E-state index in [4.69, 9.17) is 18.6 Å². The first-order chi connectivity index (χ1) is 17.9. The molecule has 0 spiro atoms. The molecule has 4 saturated carbocycles. The van der Waals surface area contributed by atoms with Gasteiger partial charge in [0.15, 0.2) is 0 Å². The van der Waals surface area contributed by atoms with Crippen molar-refractivity contribution in [1.82, 2.24) is 0 Å². The van der Waals surface area contributed by atoms with Gasteiger partial charge in [0, 0.05) is 7.11 Å². The molecule has 5 heteroatoms. The summed E-state index contributed by atoms with van der Waals surface area (Å²) in [5, 5.41) is 0. The first-order valence-corrected chi connectivity index (χ1v) is 19.3. The summed E-state index contributed by atoms with van der Waals surface area (Å²) in [4.78, 5) is 0. The zero-order valence-corrected chi connectivity index (χ0v) is 27.5. The van der Waals surface area contributed by atoms with E-state index in [2.05, 4.69) is 60.3 Å². The molecule has 0 N–H and O–H groups in total. The van der Waals surface area contributed by atoms with Crippen molar-refractivity contribution in [3.63, 3.8) is 0 Å². The monoisotopic (exact) mass is 548 g/mol. The molecule has 4 aliphatic carbocycles. The summed E-state index contributed by atoms with van der Waals surface area (Å²) >= 11 is 0. The molecule has 4 unspecified atom stereocenters. The van der Waals surface area contributed by atoms with Gasteiger partial charge < -0.3 is 18.6 Å². The fourth-order valence-corrected chi connectivity index (χ4v) is 11.2. The Hall–Kier alpha value is -0.523. The Bertz CT molecular complexity index is 822. The van der Waals surface area contributed by atoms with Crippen LogP contribution < -0.4 is 0 Å². The Morgan fingerprint density at radius 2 is 1.66 bits per heavy atom. The maximum absolute atomic E-state index is 6.76. The van der Waals surface area contributed by atoms with Crippen LogP contribution in [0.3, 0.4) is 0 Å². The van der Waals surface area contributed by atoms with Crippen LogP contribution in [0.2, 0.25) is 19.6 Å². The summed E-state index contributed by atoms with van der Waals surface area (Å²) in [6.45, 7) is 19.9. The largest absolute Gasteiger partial charge is 0.520 e. The van der Waals surface area contributed by atoms with E-state index in [1.807, 2.05) is 0 Å². The van der Waals surface area contributed by atoms with Crippen LogP contribution in [0, 0.1) is 58.2 Å². The van der Waals surface area contributed by atoms with Crippen molar-refractivity contribution in [2.45, 2.75) is 118 Å². The SMILES string of the molecule is CC[C@H]1C(OCOC)C2C3CC[C@H]([C@H](C)CC=C(OC)O[Si](C)(C)C)[C@@]3(C)CCC2[C@@]2(C)CC[C@@H](C)C[C@@H]12. The normalized spacial score (nSPS) is 44.1. The van der Waals surface area contributed by atoms with Crippen molar-refractivity contribution in [2.75, 3.05) is 21.0 Å². The van der Waals surface area contributed by atoms with Gasteiger partial charge in [0.05, 0.1) is 13.2 Å². The smallest absolute Gasteiger partial charge is 0.260 e. The third-order valence-electron chi connectivity index (χ3n) is 12.1. The fourth-order valence-electron chi connectivity index (χ4n) is 10.4. The second-order valence-corrected chi connectivity index (χ2v) is 19.7. The third-order valence-corrected chi connectivity index (χ3v) is 12.9. The molecule has 0 aromatic heterocycles. The lowest BCUT2D eigenvalue weighted by Crippen LogP contribution is -2.62. The predicted octanol–water partition coefficient (Wildman–Crippen LogP) is 8.88. The molecular formula is C33H60O4Si. The van der Waals surface area contributed by atoms with Crippen molar-refractivity contribution < 1.29 is 18.6 Å². The van der Waals surface area contributed by atoms with Crippen LogP contribution >= 0.6 is 0 Å². The van der Waals surface area contributed by atoms with E-state index in [9.17, 15) is 0 Å². The highest BCUT2D eigenvalue weighted by atomic mass is 28.4. The van der Waals surface area contributed by atoms with Gasteiger partial charge in [-0.3, -0.25) is 0 Å². The van der Waals surface area contributed by atoms with E-state index < -0.39 is 8.32 Å². The van der Waals surface area contributed by atoms with Crippen LogP contribution in [-0.4, -0.2) is 35.4 Å². The van der Waals surface area contributed by atoms with Gasteiger partial charge in [-0.1, -0.05) is 47.5 Å². The highest BCUT2D eigenvalue weighted by Gasteiger charge is 2.65. The maximum Gasteiger partial charge on any atom is 0.260 e. The molecule has 4 rings (SSSR count). The Kier molecular flexibility index (Phi) is 9.42. The van der Waals surface area contributed by atoms with Crippen molar-refractivity contribution in [3.8, 4) is 0 Å². The van der Waals surface area contributed by atoms with E-state index in [1.54, 1.807) is 14.2 Å². The van der Waals surface area contributed by atoms with E-state index in [-0.39, 0.29) is 0 Å². The van der Waals surface area contributed by atoms with Gasteiger partial charge in [-0.05, 0) is 129 Å². The molecule has 4 aliphatic rings. The molecular weight excluding hydrogens is 488 g/mol. The van der Waals surface area contributed by atoms with E-state index >= 15 is 0 Å². The lowest BCUT2D eigenvalue weighted by molar-refractivity contribution is -0.231. The fraction of sp³-hybridized carbons (Fsp3) is 0.939. The van der Waals surface area contributed by atoms with Crippen LogP contribution in [0.25, 0.3) is 0 Å². The number of rotatable bonds is 10. The van der Waals surface area contributed by atoms with E-state index in [0.29, 0.717) is 41.5 Å². The van der Waals surface area contributed by atoms with Gasteiger partial charge in [0.1, 0.15) is 6.79 Å². The molecule has 0 aromatic carbocycles. The average molecular weight is 549 g/mol. The van der Waals surface area contributed by atoms with Crippen LogP contribution in [0.15, 0.2) is 12.0 Å². The molecule has 0 bridgehead atoms.